The van der Waals surface area contributed by atoms with E-state index in [0.717, 1.165) is 5.69 Å². The number of pyridine rings is 2. The van der Waals surface area contributed by atoms with E-state index in [1.807, 2.05) is 19.9 Å². The Kier molecular flexibility index (Phi) is 5.59. The molecular weight excluding hydrogens is 376 g/mol. The molecule has 0 unspecified atom stereocenters. The minimum Gasteiger partial charge on any atom is -0.487 e. The molecule has 0 fully saturated rings. The molecule has 7 heteroatoms. The molecule has 0 saturated heterocycles. The van der Waals surface area contributed by atoms with Crippen molar-refractivity contribution in [3.63, 3.8) is 0 Å². The number of hydrogen-bond acceptors (Lipinski definition) is 4. The molecule has 0 aliphatic carbocycles. The molecule has 3 aromatic rings. The quantitative estimate of drug-likeness (QED) is 0.587. The van der Waals surface area contributed by atoms with Crippen LogP contribution in [0, 0.1) is 12.7 Å². The molecule has 0 atom stereocenters. The molecule has 1 N–H and O–H groups in total. The van der Waals surface area contributed by atoms with Crippen molar-refractivity contribution >= 4 is 39.8 Å². The summed E-state index contributed by atoms with van der Waals surface area (Å²) in [5.74, 6) is 0.0596. The number of benzene rings is 1. The van der Waals surface area contributed by atoms with Gasteiger partial charge in [-0.05, 0) is 38.2 Å². The SMILES string of the molecule is C/C=C\Nc1cc(C)nc2c(OCc3c(Cl)cncc3Cl)ccc(F)c12. The van der Waals surface area contributed by atoms with Crippen LogP contribution in [0.2, 0.25) is 10.0 Å². The van der Waals surface area contributed by atoms with Crippen LogP contribution < -0.4 is 10.1 Å². The number of allylic oxidation sites excluding steroid dienone is 1. The first-order valence-corrected chi connectivity index (χ1v) is 8.65. The van der Waals surface area contributed by atoms with Crippen LogP contribution >= 0.6 is 23.2 Å². The normalized spacial score (nSPS) is 11.3. The first-order valence-electron chi connectivity index (χ1n) is 7.89. The van der Waals surface area contributed by atoms with Crippen LogP contribution in [-0.2, 0) is 6.61 Å². The van der Waals surface area contributed by atoms with E-state index in [1.54, 1.807) is 18.3 Å². The van der Waals surface area contributed by atoms with Crippen molar-refractivity contribution in [3.8, 4) is 5.75 Å². The first-order chi connectivity index (χ1) is 12.5. The maximum absolute atomic E-state index is 14.5. The number of anilines is 1. The van der Waals surface area contributed by atoms with E-state index in [9.17, 15) is 4.39 Å². The van der Waals surface area contributed by atoms with E-state index in [1.165, 1.54) is 18.5 Å². The third-order valence-electron chi connectivity index (χ3n) is 3.73. The fraction of sp³-hybridized carbons (Fsp3) is 0.158. The van der Waals surface area contributed by atoms with Gasteiger partial charge in [0, 0.05) is 23.7 Å². The molecule has 4 nitrogen and oxygen atoms in total. The minimum absolute atomic E-state index is 0.119. The van der Waals surface area contributed by atoms with Gasteiger partial charge in [-0.2, -0.15) is 0 Å². The Bertz CT molecular complexity index is 972. The Hall–Kier alpha value is -2.37. The van der Waals surface area contributed by atoms with Crippen LogP contribution in [0.1, 0.15) is 18.2 Å². The molecule has 0 amide bonds. The van der Waals surface area contributed by atoms with Crippen molar-refractivity contribution in [2.24, 2.45) is 0 Å². The molecule has 3 rings (SSSR count). The van der Waals surface area contributed by atoms with Crippen molar-refractivity contribution in [3.05, 3.63) is 70.0 Å². The summed E-state index contributed by atoms with van der Waals surface area (Å²) in [4.78, 5) is 8.37. The second kappa shape index (κ2) is 7.89. The van der Waals surface area contributed by atoms with Crippen LogP contribution in [0.4, 0.5) is 10.1 Å². The average Bonchev–Trinajstić information content (AvgIpc) is 2.60. The Morgan fingerprint density at radius 1 is 1.23 bits per heavy atom. The molecule has 1 aromatic carbocycles. The predicted octanol–water partition coefficient (Wildman–Crippen LogP) is 5.91. The van der Waals surface area contributed by atoms with Crippen molar-refractivity contribution in [1.29, 1.82) is 0 Å². The van der Waals surface area contributed by atoms with Crippen molar-refractivity contribution in [2.75, 3.05) is 5.32 Å². The molecule has 0 aliphatic rings. The molecule has 26 heavy (non-hydrogen) atoms. The second-order valence-corrected chi connectivity index (χ2v) is 6.41. The highest BCUT2D eigenvalue weighted by molar-refractivity contribution is 6.35. The number of aryl methyl sites for hydroxylation is 1. The number of nitrogens with zero attached hydrogens (tertiary/aromatic N) is 2. The van der Waals surface area contributed by atoms with Gasteiger partial charge in [-0.15, -0.1) is 0 Å². The highest BCUT2D eigenvalue weighted by atomic mass is 35.5. The monoisotopic (exact) mass is 391 g/mol. The van der Waals surface area contributed by atoms with Crippen molar-refractivity contribution in [2.45, 2.75) is 20.5 Å². The second-order valence-electron chi connectivity index (χ2n) is 5.60. The molecule has 0 radical (unpaired) electrons. The zero-order valence-corrected chi connectivity index (χ0v) is 15.7. The van der Waals surface area contributed by atoms with E-state index in [2.05, 4.69) is 15.3 Å². The standard InChI is InChI=1S/C19H16Cl2FN3O/c1-3-6-24-16-7-11(2)25-19-17(5-4-15(22)18(16)19)26-10-12-13(20)8-23-9-14(12)21/h3-9H,10H2,1-2H3,(H,24,25)/b6-3-. The van der Waals surface area contributed by atoms with Gasteiger partial charge in [-0.25, -0.2) is 9.37 Å². The highest BCUT2D eigenvalue weighted by Crippen LogP contribution is 2.34. The number of hydrogen-bond donors (Lipinski definition) is 1. The number of ether oxygens (including phenoxy) is 1. The van der Waals surface area contributed by atoms with Crippen LogP contribution in [0.15, 0.2) is 42.9 Å². The predicted molar refractivity (Wildman–Crippen MR) is 103 cm³/mol. The third kappa shape index (κ3) is 3.74. The first kappa shape index (κ1) is 18.4. The van der Waals surface area contributed by atoms with E-state index < -0.39 is 0 Å². The van der Waals surface area contributed by atoms with Gasteiger partial charge < -0.3 is 10.1 Å². The Balaban J connectivity index is 2.04. The van der Waals surface area contributed by atoms with Crippen molar-refractivity contribution in [1.82, 2.24) is 9.97 Å². The summed E-state index contributed by atoms with van der Waals surface area (Å²) in [6, 6.07) is 4.68. The van der Waals surface area contributed by atoms with Gasteiger partial charge in [0.15, 0.2) is 0 Å². The van der Waals surface area contributed by atoms with Gasteiger partial charge in [0.25, 0.3) is 0 Å². The third-order valence-corrected chi connectivity index (χ3v) is 4.38. The van der Waals surface area contributed by atoms with E-state index in [4.69, 9.17) is 27.9 Å². The minimum atomic E-state index is -0.383. The summed E-state index contributed by atoms with van der Waals surface area (Å²) in [7, 11) is 0. The van der Waals surface area contributed by atoms with Gasteiger partial charge in [0.1, 0.15) is 23.7 Å². The summed E-state index contributed by atoms with van der Waals surface area (Å²) < 4.78 is 20.3. The van der Waals surface area contributed by atoms with Crippen LogP contribution in [0.5, 0.6) is 5.75 Å². The van der Waals surface area contributed by atoms with E-state index in [-0.39, 0.29) is 12.4 Å². The summed E-state index contributed by atoms with van der Waals surface area (Å²) in [6.07, 6.45) is 6.55. The Morgan fingerprint density at radius 3 is 2.65 bits per heavy atom. The van der Waals surface area contributed by atoms with Gasteiger partial charge in [-0.1, -0.05) is 29.3 Å². The molecule has 2 aromatic heterocycles. The summed E-state index contributed by atoms with van der Waals surface area (Å²) in [5, 5.41) is 4.24. The fourth-order valence-electron chi connectivity index (χ4n) is 2.53. The van der Waals surface area contributed by atoms with Gasteiger partial charge in [0.05, 0.1) is 21.1 Å². The number of fused-ring (bicyclic) bond motifs is 1. The molecular formula is C19H16Cl2FN3O. The molecule has 0 saturated carbocycles. The van der Waals surface area contributed by atoms with Crippen LogP contribution in [0.25, 0.3) is 10.9 Å². The number of halogens is 3. The lowest BCUT2D eigenvalue weighted by atomic mass is 10.1. The Morgan fingerprint density at radius 2 is 1.96 bits per heavy atom. The van der Waals surface area contributed by atoms with Crippen molar-refractivity contribution < 1.29 is 9.13 Å². The summed E-state index contributed by atoms with van der Waals surface area (Å²) in [6.45, 7) is 3.83. The molecule has 134 valence electrons. The maximum Gasteiger partial charge on any atom is 0.146 e. The molecule has 0 aliphatic heterocycles. The molecule has 2 heterocycles. The van der Waals surface area contributed by atoms with E-state index >= 15 is 0 Å². The highest BCUT2D eigenvalue weighted by Gasteiger charge is 2.15. The maximum atomic E-state index is 14.5. The largest absolute Gasteiger partial charge is 0.487 e. The fourth-order valence-corrected chi connectivity index (χ4v) is 3.01. The number of rotatable bonds is 5. The van der Waals surface area contributed by atoms with Gasteiger partial charge in [0.2, 0.25) is 0 Å². The number of nitrogens with one attached hydrogen (secondary N) is 1. The summed E-state index contributed by atoms with van der Waals surface area (Å²) >= 11 is 12.3. The number of aromatic nitrogens is 2. The lowest BCUT2D eigenvalue weighted by Gasteiger charge is -2.14. The van der Waals surface area contributed by atoms with Crippen LogP contribution in [0.3, 0.4) is 0 Å². The topological polar surface area (TPSA) is 47.0 Å². The van der Waals surface area contributed by atoms with E-state index in [0.29, 0.717) is 37.9 Å². The molecule has 0 spiro atoms. The Labute approximate surface area is 160 Å². The lowest BCUT2D eigenvalue weighted by Crippen LogP contribution is -2.01. The van der Waals surface area contributed by atoms with Gasteiger partial charge in [-0.3, -0.25) is 4.98 Å². The average molecular weight is 392 g/mol. The smallest absolute Gasteiger partial charge is 0.146 e. The summed E-state index contributed by atoms with van der Waals surface area (Å²) in [5.41, 5.74) is 2.40. The zero-order chi connectivity index (χ0) is 18.7. The van der Waals surface area contributed by atoms with Crippen LogP contribution in [-0.4, -0.2) is 9.97 Å². The molecule has 0 bridgehead atoms. The zero-order valence-electron chi connectivity index (χ0n) is 14.2. The lowest BCUT2D eigenvalue weighted by molar-refractivity contribution is 0.309. The van der Waals surface area contributed by atoms with Gasteiger partial charge >= 0.3 is 0 Å².